The number of nitrogens with one attached hydrogen (secondary N) is 1. The van der Waals surface area contributed by atoms with Crippen molar-refractivity contribution in [3.8, 4) is 0 Å². The van der Waals surface area contributed by atoms with Gasteiger partial charge in [0.25, 0.3) is 0 Å². The monoisotopic (exact) mass is 444 g/mol. The van der Waals surface area contributed by atoms with E-state index >= 15 is 0 Å². The van der Waals surface area contributed by atoms with E-state index in [4.69, 9.17) is 5.11 Å². The Hall–Kier alpha value is -3.58. The number of rotatable bonds is 6. The molecule has 0 radical (unpaired) electrons. The van der Waals surface area contributed by atoms with Crippen molar-refractivity contribution in [1.29, 1.82) is 0 Å². The summed E-state index contributed by atoms with van der Waals surface area (Å²) in [6, 6.07) is 18.0. The van der Waals surface area contributed by atoms with Crippen LogP contribution in [0.3, 0.4) is 0 Å². The Balaban J connectivity index is 1.49. The number of urea groups is 1. The SMILES string of the molecule is Cc1ccc(NC(=O)N2CCC(Cc3ncc(C(=O)CO)cn3)(c3ccccc3)CC2)cc1. The van der Waals surface area contributed by atoms with Gasteiger partial charge in [-0.25, -0.2) is 14.8 Å². The molecule has 3 aromatic rings. The van der Waals surface area contributed by atoms with Gasteiger partial charge in [-0.3, -0.25) is 4.79 Å². The number of benzene rings is 2. The average molecular weight is 445 g/mol. The largest absolute Gasteiger partial charge is 0.388 e. The van der Waals surface area contributed by atoms with E-state index in [-0.39, 0.29) is 11.4 Å². The van der Waals surface area contributed by atoms with Crippen molar-refractivity contribution in [3.63, 3.8) is 0 Å². The zero-order chi connectivity index (χ0) is 23.3. The molecule has 33 heavy (non-hydrogen) atoms. The van der Waals surface area contributed by atoms with Crippen LogP contribution < -0.4 is 5.32 Å². The Kier molecular flexibility index (Phi) is 6.79. The Labute approximate surface area is 193 Å². The Morgan fingerprint density at radius 3 is 2.24 bits per heavy atom. The first-order valence-electron chi connectivity index (χ1n) is 11.1. The summed E-state index contributed by atoms with van der Waals surface area (Å²) in [7, 11) is 0. The zero-order valence-electron chi connectivity index (χ0n) is 18.7. The second-order valence-corrected chi connectivity index (χ2v) is 8.58. The van der Waals surface area contributed by atoms with Crippen LogP contribution in [-0.2, 0) is 11.8 Å². The van der Waals surface area contributed by atoms with Gasteiger partial charge in [-0.2, -0.15) is 0 Å². The van der Waals surface area contributed by atoms with E-state index in [9.17, 15) is 9.59 Å². The van der Waals surface area contributed by atoms with Crippen LogP contribution in [0.15, 0.2) is 67.0 Å². The Morgan fingerprint density at radius 1 is 1.00 bits per heavy atom. The minimum absolute atomic E-state index is 0.0939. The lowest BCUT2D eigenvalue weighted by Gasteiger charge is -2.42. The van der Waals surface area contributed by atoms with Crippen molar-refractivity contribution >= 4 is 17.5 Å². The highest BCUT2D eigenvalue weighted by atomic mass is 16.3. The molecular formula is C26H28N4O3. The molecule has 1 fully saturated rings. The molecule has 1 aromatic heterocycles. The van der Waals surface area contributed by atoms with Gasteiger partial charge in [0.05, 0.1) is 5.56 Å². The van der Waals surface area contributed by atoms with Crippen LogP contribution in [0, 0.1) is 6.92 Å². The minimum atomic E-state index is -0.558. The van der Waals surface area contributed by atoms with E-state index < -0.39 is 12.4 Å². The number of aliphatic hydroxyl groups is 1. The maximum Gasteiger partial charge on any atom is 0.321 e. The van der Waals surface area contributed by atoms with E-state index in [0.29, 0.717) is 30.9 Å². The number of hydrogen-bond acceptors (Lipinski definition) is 5. The lowest BCUT2D eigenvalue weighted by molar-refractivity contribution is 0.0903. The third-order valence-electron chi connectivity index (χ3n) is 6.36. The molecule has 1 aliphatic heterocycles. The first kappa shape index (κ1) is 22.6. The maximum absolute atomic E-state index is 12.8. The molecular weight excluding hydrogens is 416 g/mol. The van der Waals surface area contributed by atoms with Crippen LogP contribution in [0.4, 0.5) is 10.5 Å². The molecule has 0 bridgehead atoms. The number of nitrogens with zero attached hydrogens (tertiary/aromatic N) is 3. The first-order chi connectivity index (χ1) is 16.0. The predicted octanol–water partition coefficient (Wildman–Crippen LogP) is 3.77. The molecule has 170 valence electrons. The lowest BCUT2D eigenvalue weighted by atomic mass is 9.70. The average Bonchev–Trinajstić information content (AvgIpc) is 2.86. The van der Waals surface area contributed by atoms with Gasteiger partial charge in [0.2, 0.25) is 0 Å². The summed E-state index contributed by atoms with van der Waals surface area (Å²) in [5, 5.41) is 12.0. The number of aromatic nitrogens is 2. The van der Waals surface area contributed by atoms with E-state index in [1.165, 1.54) is 18.0 Å². The molecule has 0 aliphatic carbocycles. The number of anilines is 1. The quantitative estimate of drug-likeness (QED) is 0.565. The molecule has 7 nitrogen and oxygen atoms in total. The van der Waals surface area contributed by atoms with Crippen LogP contribution >= 0.6 is 0 Å². The van der Waals surface area contributed by atoms with E-state index in [0.717, 1.165) is 24.1 Å². The van der Waals surface area contributed by atoms with Gasteiger partial charge in [0.15, 0.2) is 5.78 Å². The highest BCUT2D eigenvalue weighted by Crippen LogP contribution is 2.38. The third-order valence-corrected chi connectivity index (χ3v) is 6.36. The fourth-order valence-corrected chi connectivity index (χ4v) is 4.32. The molecule has 0 unspecified atom stereocenters. The molecule has 1 aliphatic rings. The number of aryl methyl sites for hydroxylation is 1. The maximum atomic E-state index is 12.8. The second-order valence-electron chi connectivity index (χ2n) is 8.58. The minimum Gasteiger partial charge on any atom is -0.388 e. The van der Waals surface area contributed by atoms with Crippen LogP contribution in [0.5, 0.6) is 0 Å². The van der Waals surface area contributed by atoms with Crippen LogP contribution in [0.25, 0.3) is 0 Å². The van der Waals surface area contributed by atoms with Gasteiger partial charge in [-0.1, -0.05) is 48.0 Å². The van der Waals surface area contributed by atoms with Gasteiger partial charge in [-0.05, 0) is 37.5 Å². The molecule has 2 N–H and O–H groups in total. The Bertz CT molecular complexity index is 1090. The summed E-state index contributed by atoms with van der Waals surface area (Å²) in [4.78, 5) is 35.1. The van der Waals surface area contributed by atoms with E-state index in [2.05, 4.69) is 27.4 Å². The number of piperidine rings is 1. The number of ketones is 1. The lowest BCUT2D eigenvalue weighted by Crippen LogP contribution is -2.47. The van der Waals surface area contributed by atoms with E-state index in [1.54, 1.807) is 0 Å². The normalized spacial score (nSPS) is 15.2. The summed E-state index contributed by atoms with van der Waals surface area (Å²) in [5.41, 5.74) is 3.23. The van der Waals surface area contributed by atoms with Crippen LogP contribution in [0.2, 0.25) is 0 Å². The zero-order valence-corrected chi connectivity index (χ0v) is 18.7. The van der Waals surface area contributed by atoms with Crippen molar-refractivity contribution in [1.82, 2.24) is 14.9 Å². The predicted molar refractivity (Wildman–Crippen MR) is 126 cm³/mol. The van der Waals surface area contributed by atoms with Crippen LogP contribution in [-0.4, -0.2) is 51.5 Å². The van der Waals surface area contributed by atoms with Crippen molar-refractivity contribution in [2.45, 2.75) is 31.6 Å². The highest BCUT2D eigenvalue weighted by Gasteiger charge is 2.38. The highest BCUT2D eigenvalue weighted by molar-refractivity contribution is 5.96. The van der Waals surface area contributed by atoms with Crippen LogP contribution in [0.1, 0.15) is 40.2 Å². The molecule has 0 saturated carbocycles. The molecule has 2 amide bonds. The summed E-state index contributed by atoms with van der Waals surface area (Å²) in [6.45, 7) is 2.69. The third kappa shape index (κ3) is 5.26. The van der Waals surface area contributed by atoms with Gasteiger partial charge in [0, 0.05) is 43.0 Å². The second kappa shape index (κ2) is 9.92. The number of Topliss-reactive ketones (excluding diaryl/α,β-unsaturated/α-hetero) is 1. The molecule has 2 heterocycles. The van der Waals surface area contributed by atoms with Crippen molar-refractivity contribution in [3.05, 3.63) is 89.5 Å². The standard InChI is InChI=1S/C26H28N4O3/c1-19-7-9-22(10-8-19)29-25(33)30-13-11-26(12-14-30,21-5-3-2-4-6-21)15-24-27-16-20(17-28-24)23(32)18-31/h2-10,16-17,31H,11-15,18H2,1H3,(H,29,33). The number of carbonyl (C=O) groups is 2. The van der Waals surface area contributed by atoms with Crippen molar-refractivity contribution in [2.75, 3.05) is 25.0 Å². The molecule has 0 spiro atoms. The number of hydrogen-bond donors (Lipinski definition) is 2. The van der Waals surface area contributed by atoms with Crippen molar-refractivity contribution < 1.29 is 14.7 Å². The van der Waals surface area contributed by atoms with Gasteiger partial charge in [-0.15, -0.1) is 0 Å². The smallest absolute Gasteiger partial charge is 0.321 e. The number of amides is 2. The molecule has 1 saturated heterocycles. The fourth-order valence-electron chi connectivity index (χ4n) is 4.32. The summed E-state index contributed by atoms with van der Waals surface area (Å²) in [6.07, 6.45) is 5.11. The molecule has 7 heteroatoms. The summed E-state index contributed by atoms with van der Waals surface area (Å²) >= 11 is 0. The topological polar surface area (TPSA) is 95.4 Å². The summed E-state index contributed by atoms with van der Waals surface area (Å²) < 4.78 is 0. The summed E-state index contributed by atoms with van der Waals surface area (Å²) in [5.74, 6) is 0.248. The molecule has 4 rings (SSSR count). The van der Waals surface area contributed by atoms with Gasteiger partial charge >= 0.3 is 6.03 Å². The number of aliphatic hydroxyl groups excluding tert-OH is 1. The van der Waals surface area contributed by atoms with Gasteiger partial charge < -0.3 is 15.3 Å². The number of likely N-dealkylation sites (tertiary alicyclic amines) is 1. The van der Waals surface area contributed by atoms with Gasteiger partial charge in [0.1, 0.15) is 12.4 Å². The Morgan fingerprint density at radius 2 is 1.64 bits per heavy atom. The molecule has 2 aromatic carbocycles. The number of carbonyl (C=O) groups excluding carboxylic acids is 2. The first-order valence-corrected chi connectivity index (χ1v) is 11.1. The molecule has 0 atom stereocenters. The van der Waals surface area contributed by atoms with E-state index in [1.807, 2.05) is 54.3 Å². The van der Waals surface area contributed by atoms with Crippen molar-refractivity contribution in [2.24, 2.45) is 0 Å². The fraction of sp³-hybridized carbons (Fsp3) is 0.308.